The van der Waals surface area contributed by atoms with Crippen LogP contribution in [0.3, 0.4) is 0 Å². The molecule has 0 saturated heterocycles. The van der Waals surface area contributed by atoms with E-state index in [2.05, 4.69) is 15.6 Å². The van der Waals surface area contributed by atoms with Crippen molar-refractivity contribution < 1.29 is 27.6 Å². The SMILES string of the molecule is NC(=O)CC(CCC(F)(F)F)C(=O)NC1N=C(c2ccccc2)c2ccccc2NC1=O. The second kappa shape index (κ2) is 9.63. The third-order valence-electron chi connectivity index (χ3n) is 4.87. The molecular weight excluding hydrogens is 425 g/mol. The Bertz CT molecular complexity index is 1040. The lowest BCUT2D eigenvalue weighted by molar-refractivity contribution is -0.143. The molecule has 0 aromatic heterocycles. The molecule has 0 bridgehead atoms. The molecule has 1 aliphatic heterocycles. The number of primary amides is 1. The summed E-state index contributed by atoms with van der Waals surface area (Å²) in [6, 6.07) is 15.9. The molecule has 3 rings (SSSR count). The van der Waals surface area contributed by atoms with Gasteiger partial charge in [-0.3, -0.25) is 14.4 Å². The first kappa shape index (κ1) is 23.0. The van der Waals surface area contributed by atoms with E-state index in [0.29, 0.717) is 22.5 Å². The summed E-state index contributed by atoms with van der Waals surface area (Å²) < 4.78 is 37.9. The van der Waals surface area contributed by atoms with Crippen LogP contribution in [0, 0.1) is 5.92 Å². The van der Waals surface area contributed by atoms with Gasteiger partial charge in [0.15, 0.2) is 0 Å². The molecule has 2 atom stereocenters. The van der Waals surface area contributed by atoms with Crippen molar-refractivity contribution in [3.8, 4) is 0 Å². The van der Waals surface area contributed by atoms with Gasteiger partial charge in [0.25, 0.3) is 5.91 Å². The number of halogens is 3. The number of fused-ring (bicyclic) bond motifs is 1. The van der Waals surface area contributed by atoms with Crippen LogP contribution in [-0.2, 0) is 14.4 Å². The summed E-state index contributed by atoms with van der Waals surface area (Å²) in [5.41, 5.74) is 7.30. The average Bonchev–Trinajstić information content (AvgIpc) is 2.87. The number of amides is 3. The Kier molecular flexibility index (Phi) is 6.92. The van der Waals surface area contributed by atoms with Crippen molar-refractivity contribution in [2.24, 2.45) is 16.6 Å². The Morgan fingerprint density at radius 1 is 1.09 bits per heavy atom. The number of nitrogens with one attached hydrogen (secondary N) is 2. The number of carbonyl (C=O) groups is 3. The highest BCUT2D eigenvalue weighted by Gasteiger charge is 2.33. The van der Waals surface area contributed by atoms with Crippen molar-refractivity contribution in [1.29, 1.82) is 0 Å². The first-order chi connectivity index (χ1) is 15.1. The summed E-state index contributed by atoms with van der Waals surface area (Å²) >= 11 is 0. The monoisotopic (exact) mass is 446 g/mol. The number of rotatable bonds is 7. The number of nitrogens with zero attached hydrogens (tertiary/aromatic N) is 1. The lowest BCUT2D eigenvalue weighted by atomic mass is 9.97. The maximum absolute atomic E-state index is 12.7. The summed E-state index contributed by atoms with van der Waals surface area (Å²) in [6.45, 7) is 0. The molecule has 1 aliphatic rings. The second-order valence-electron chi connectivity index (χ2n) is 7.31. The summed E-state index contributed by atoms with van der Waals surface area (Å²) in [7, 11) is 0. The highest BCUT2D eigenvalue weighted by molar-refractivity contribution is 6.19. The highest BCUT2D eigenvalue weighted by Crippen LogP contribution is 2.26. The molecule has 0 spiro atoms. The number of benzodiazepines with no additional fused rings is 1. The third kappa shape index (κ3) is 5.93. The Labute approximate surface area is 181 Å². The van der Waals surface area contributed by atoms with Crippen LogP contribution in [0.15, 0.2) is 59.6 Å². The first-order valence-corrected chi connectivity index (χ1v) is 9.83. The van der Waals surface area contributed by atoms with Crippen LogP contribution in [-0.4, -0.2) is 35.8 Å². The van der Waals surface area contributed by atoms with E-state index in [-0.39, 0.29) is 0 Å². The van der Waals surface area contributed by atoms with Gasteiger partial charge < -0.3 is 16.4 Å². The van der Waals surface area contributed by atoms with Crippen molar-refractivity contribution in [2.75, 3.05) is 5.32 Å². The van der Waals surface area contributed by atoms with Crippen LogP contribution in [0.1, 0.15) is 30.4 Å². The van der Waals surface area contributed by atoms with E-state index in [0.717, 1.165) is 0 Å². The van der Waals surface area contributed by atoms with Gasteiger partial charge >= 0.3 is 6.18 Å². The third-order valence-corrected chi connectivity index (χ3v) is 4.87. The smallest absolute Gasteiger partial charge is 0.370 e. The van der Waals surface area contributed by atoms with E-state index in [1.807, 2.05) is 6.07 Å². The number of nitrogens with two attached hydrogens (primary N) is 1. The number of aliphatic imine (C=N–C) groups is 1. The Hall–Kier alpha value is -3.69. The quantitative estimate of drug-likeness (QED) is 0.608. The maximum Gasteiger partial charge on any atom is 0.389 e. The minimum absolute atomic E-state index is 0.423. The average molecular weight is 446 g/mol. The number of para-hydroxylation sites is 1. The lowest BCUT2D eigenvalue weighted by Crippen LogP contribution is -2.45. The predicted octanol–water partition coefficient (Wildman–Crippen LogP) is 2.75. The molecule has 2 aromatic rings. The molecule has 3 amide bonds. The van der Waals surface area contributed by atoms with Gasteiger partial charge in [-0.2, -0.15) is 13.2 Å². The predicted molar refractivity (Wildman–Crippen MR) is 112 cm³/mol. The molecule has 0 aliphatic carbocycles. The fourth-order valence-electron chi connectivity index (χ4n) is 3.34. The zero-order valence-electron chi connectivity index (χ0n) is 16.9. The molecule has 168 valence electrons. The largest absolute Gasteiger partial charge is 0.389 e. The van der Waals surface area contributed by atoms with E-state index in [4.69, 9.17) is 5.73 Å². The molecule has 0 radical (unpaired) electrons. The van der Waals surface area contributed by atoms with Gasteiger partial charge in [0, 0.05) is 29.9 Å². The maximum atomic E-state index is 12.7. The molecule has 32 heavy (non-hydrogen) atoms. The van der Waals surface area contributed by atoms with Crippen molar-refractivity contribution in [3.05, 3.63) is 65.7 Å². The summed E-state index contributed by atoms with van der Waals surface area (Å²) in [5.74, 6) is -3.83. The number of alkyl halides is 3. The van der Waals surface area contributed by atoms with Crippen LogP contribution in [0.4, 0.5) is 18.9 Å². The van der Waals surface area contributed by atoms with Gasteiger partial charge in [-0.05, 0) is 12.5 Å². The van der Waals surface area contributed by atoms with Gasteiger partial charge in [-0.15, -0.1) is 0 Å². The minimum atomic E-state index is -4.50. The van der Waals surface area contributed by atoms with Gasteiger partial charge in [-0.25, -0.2) is 4.99 Å². The van der Waals surface area contributed by atoms with Gasteiger partial charge in [0.05, 0.1) is 11.4 Å². The van der Waals surface area contributed by atoms with Crippen LogP contribution in [0.2, 0.25) is 0 Å². The molecule has 0 saturated carbocycles. The Balaban J connectivity index is 1.91. The van der Waals surface area contributed by atoms with E-state index in [1.54, 1.807) is 48.5 Å². The Morgan fingerprint density at radius 3 is 2.41 bits per heavy atom. The fourth-order valence-corrected chi connectivity index (χ4v) is 3.34. The topological polar surface area (TPSA) is 114 Å². The van der Waals surface area contributed by atoms with Crippen molar-refractivity contribution in [3.63, 3.8) is 0 Å². The molecule has 2 unspecified atom stereocenters. The van der Waals surface area contributed by atoms with Gasteiger partial charge in [0.1, 0.15) is 0 Å². The van der Waals surface area contributed by atoms with E-state index >= 15 is 0 Å². The number of hydrogen-bond acceptors (Lipinski definition) is 4. The molecule has 0 fully saturated rings. The van der Waals surface area contributed by atoms with E-state index < -0.39 is 55.2 Å². The number of benzene rings is 2. The van der Waals surface area contributed by atoms with Crippen molar-refractivity contribution >= 4 is 29.1 Å². The second-order valence-corrected chi connectivity index (χ2v) is 7.31. The van der Waals surface area contributed by atoms with Crippen molar-refractivity contribution in [1.82, 2.24) is 5.32 Å². The number of carbonyl (C=O) groups excluding carboxylic acids is 3. The van der Waals surface area contributed by atoms with Gasteiger partial charge in [0.2, 0.25) is 18.0 Å². The molecule has 2 aromatic carbocycles. The standard InChI is InChI=1S/C22H21F3N4O3/c23-22(24,25)11-10-14(12-17(26)30)20(31)29-19-21(32)27-16-9-5-4-8-15(16)18(28-19)13-6-2-1-3-7-13/h1-9,14,19H,10-12H2,(H2,26,30)(H,27,32)(H,29,31). The van der Waals surface area contributed by atoms with Crippen molar-refractivity contribution in [2.45, 2.75) is 31.6 Å². The first-order valence-electron chi connectivity index (χ1n) is 9.83. The molecule has 10 heteroatoms. The lowest BCUT2D eigenvalue weighted by Gasteiger charge is -2.19. The number of anilines is 1. The highest BCUT2D eigenvalue weighted by atomic mass is 19.4. The van der Waals surface area contributed by atoms with E-state index in [9.17, 15) is 27.6 Å². The molecule has 7 nitrogen and oxygen atoms in total. The fraction of sp³-hybridized carbons (Fsp3) is 0.273. The van der Waals surface area contributed by atoms with Gasteiger partial charge in [-0.1, -0.05) is 48.5 Å². The summed E-state index contributed by atoms with van der Waals surface area (Å²) in [6.07, 6.45) is -8.39. The Morgan fingerprint density at radius 2 is 1.75 bits per heavy atom. The van der Waals surface area contributed by atoms with E-state index in [1.165, 1.54) is 0 Å². The molecular formula is C22H21F3N4O3. The van der Waals surface area contributed by atoms with Crippen LogP contribution in [0.25, 0.3) is 0 Å². The normalized spacial score (nSPS) is 16.8. The summed E-state index contributed by atoms with van der Waals surface area (Å²) in [5, 5.41) is 5.05. The van der Waals surface area contributed by atoms with Crippen LogP contribution >= 0.6 is 0 Å². The van der Waals surface area contributed by atoms with Crippen LogP contribution < -0.4 is 16.4 Å². The summed E-state index contributed by atoms with van der Waals surface area (Å²) in [4.78, 5) is 41.2. The molecule has 4 N–H and O–H groups in total. The zero-order valence-corrected chi connectivity index (χ0v) is 16.9. The number of hydrogen-bond donors (Lipinski definition) is 3. The zero-order chi connectivity index (χ0) is 23.3. The van der Waals surface area contributed by atoms with Crippen LogP contribution in [0.5, 0.6) is 0 Å². The molecule has 1 heterocycles. The minimum Gasteiger partial charge on any atom is -0.370 e.